The molecule has 1 aliphatic heterocycles. The van der Waals surface area contributed by atoms with Gasteiger partial charge in [-0.15, -0.1) is 0 Å². The Kier molecular flexibility index (Phi) is 4.99. The molecule has 2 aromatic rings. The summed E-state index contributed by atoms with van der Waals surface area (Å²) in [5.74, 6) is 0.0912. The van der Waals surface area contributed by atoms with Gasteiger partial charge >= 0.3 is 0 Å². The van der Waals surface area contributed by atoms with Crippen LogP contribution in [0.25, 0.3) is 0 Å². The number of hydrogen-bond donors (Lipinski definition) is 1. The molecule has 3 rings (SSSR count). The number of nitrogens with one attached hydrogen (secondary N) is 1. The van der Waals surface area contributed by atoms with Crippen molar-refractivity contribution >= 4 is 23.4 Å². The molecular weight excluding hydrogens is 329 g/mol. The molecule has 0 saturated heterocycles. The lowest BCUT2D eigenvalue weighted by molar-refractivity contribution is -0.116. The third-order valence-electron chi connectivity index (χ3n) is 3.80. The molecule has 1 atom stereocenters. The van der Waals surface area contributed by atoms with Gasteiger partial charge in [-0.1, -0.05) is 25.1 Å². The molecule has 1 amide bonds. The van der Waals surface area contributed by atoms with Crippen molar-refractivity contribution in [3.05, 3.63) is 52.2 Å². The van der Waals surface area contributed by atoms with E-state index in [1.54, 1.807) is 10.6 Å². The quantitative estimate of drug-likeness (QED) is 0.845. The number of amides is 1. The van der Waals surface area contributed by atoms with Crippen LogP contribution in [0.2, 0.25) is 0 Å². The molecule has 0 radical (unpaired) electrons. The Labute approximate surface area is 143 Å². The van der Waals surface area contributed by atoms with Crippen LogP contribution in [-0.2, 0) is 11.2 Å². The van der Waals surface area contributed by atoms with Crippen molar-refractivity contribution in [3.63, 3.8) is 0 Å². The molecule has 1 aliphatic rings. The van der Waals surface area contributed by atoms with Crippen molar-refractivity contribution in [2.24, 2.45) is 0 Å². The van der Waals surface area contributed by atoms with Gasteiger partial charge in [-0.3, -0.25) is 14.2 Å². The zero-order valence-electron chi connectivity index (χ0n) is 13.3. The van der Waals surface area contributed by atoms with Crippen molar-refractivity contribution in [2.75, 3.05) is 11.1 Å². The highest BCUT2D eigenvalue weighted by Crippen LogP contribution is 2.32. The standard InChI is InChI=1S/C17H18FN3O2S/c1-2-3-13-8-16(23)21-14(10-24-17(21)20-13)9-15(22)19-12-6-4-11(18)5-7-12/h4-8,14H,2-3,9-10H2,1H3,(H,19,22)/t14-/m0/s1. The van der Waals surface area contributed by atoms with E-state index in [1.807, 2.05) is 6.92 Å². The summed E-state index contributed by atoms with van der Waals surface area (Å²) in [5.41, 5.74) is 1.24. The van der Waals surface area contributed by atoms with Crippen LogP contribution < -0.4 is 10.9 Å². The molecular formula is C17H18FN3O2S. The van der Waals surface area contributed by atoms with Crippen LogP contribution in [-0.4, -0.2) is 21.2 Å². The summed E-state index contributed by atoms with van der Waals surface area (Å²) in [6.07, 6.45) is 1.90. The zero-order valence-corrected chi connectivity index (χ0v) is 14.1. The van der Waals surface area contributed by atoms with Crippen LogP contribution in [0.15, 0.2) is 40.3 Å². The molecule has 0 bridgehead atoms. The van der Waals surface area contributed by atoms with Gasteiger partial charge in [0.2, 0.25) is 5.91 Å². The van der Waals surface area contributed by atoms with Gasteiger partial charge in [-0.2, -0.15) is 0 Å². The number of carbonyl (C=O) groups is 1. The number of aryl methyl sites for hydroxylation is 1. The second-order valence-corrected chi connectivity index (χ2v) is 6.70. The van der Waals surface area contributed by atoms with Crippen molar-refractivity contribution in [3.8, 4) is 0 Å². The highest BCUT2D eigenvalue weighted by Gasteiger charge is 2.27. The lowest BCUT2D eigenvalue weighted by Gasteiger charge is -2.13. The number of nitrogens with zero attached hydrogens (tertiary/aromatic N) is 2. The fourth-order valence-electron chi connectivity index (χ4n) is 2.69. The van der Waals surface area contributed by atoms with Crippen LogP contribution in [0.1, 0.15) is 31.5 Å². The molecule has 126 valence electrons. The highest BCUT2D eigenvalue weighted by molar-refractivity contribution is 7.99. The lowest BCUT2D eigenvalue weighted by Crippen LogP contribution is -2.27. The van der Waals surface area contributed by atoms with Gasteiger partial charge in [0.1, 0.15) is 5.82 Å². The smallest absolute Gasteiger partial charge is 0.254 e. The average molecular weight is 347 g/mol. The Morgan fingerprint density at radius 1 is 1.42 bits per heavy atom. The Morgan fingerprint density at radius 2 is 2.17 bits per heavy atom. The first-order chi connectivity index (χ1) is 11.6. The number of carbonyl (C=O) groups excluding carboxylic acids is 1. The summed E-state index contributed by atoms with van der Waals surface area (Å²) >= 11 is 1.50. The number of aromatic nitrogens is 2. The second-order valence-electron chi connectivity index (χ2n) is 5.71. The molecule has 7 heteroatoms. The molecule has 2 heterocycles. The fraction of sp³-hybridized carbons (Fsp3) is 0.353. The summed E-state index contributed by atoms with van der Waals surface area (Å²) in [5, 5.41) is 3.41. The molecule has 0 saturated carbocycles. The number of anilines is 1. The van der Waals surface area contributed by atoms with Crippen LogP contribution in [0.5, 0.6) is 0 Å². The van der Waals surface area contributed by atoms with Crippen LogP contribution in [0, 0.1) is 5.82 Å². The van der Waals surface area contributed by atoms with E-state index >= 15 is 0 Å². The van der Waals surface area contributed by atoms with Gasteiger partial charge in [0, 0.05) is 29.6 Å². The molecule has 1 N–H and O–H groups in total. The third-order valence-corrected chi connectivity index (χ3v) is 4.90. The molecule has 1 aromatic carbocycles. The highest BCUT2D eigenvalue weighted by atomic mass is 32.2. The van der Waals surface area contributed by atoms with Gasteiger partial charge in [0.25, 0.3) is 5.56 Å². The maximum Gasteiger partial charge on any atom is 0.254 e. The summed E-state index contributed by atoms with van der Waals surface area (Å²) in [6.45, 7) is 2.04. The van der Waals surface area contributed by atoms with Crippen LogP contribution >= 0.6 is 11.8 Å². The number of hydrogen-bond acceptors (Lipinski definition) is 4. The summed E-state index contributed by atoms with van der Waals surface area (Å²) in [4.78, 5) is 29.0. The van der Waals surface area contributed by atoms with E-state index < -0.39 is 0 Å². The molecule has 0 fully saturated rings. The van der Waals surface area contributed by atoms with Gasteiger partial charge in [0.15, 0.2) is 5.16 Å². The Hall–Kier alpha value is -2.15. The van der Waals surface area contributed by atoms with Crippen molar-refractivity contribution in [1.82, 2.24) is 9.55 Å². The first-order valence-electron chi connectivity index (χ1n) is 7.87. The van der Waals surface area contributed by atoms with Gasteiger partial charge in [0.05, 0.1) is 6.04 Å². The lowest BCUT2D eigenvalue weighted by atomic mass is 10.2. The van der Waals surface area contributed by atoms with Gasteiger partial charge in [-0.05, 0) is 30.7 Å². The minimum Gasteiger partial charge on any atom is -0.326 e. The van der Waals surface area contributed by atoms with Crippen molar-refractivity contribution < 1.29 is 9.18 Å². The summed E-state index contributed by atoms with van der Waals surface area (Å²) in [7, 11) is 0. The van der Waals surface area contributed by atoms with E-state index in [1.165, 1.54) is 36.0 Å². The zero-order chi connectivity index (χ0) is 17.1. The second kappa shape index (κ2) is 7.17. The molecule has 0 unspecified atom stereocenters. The first kappa shape index (κ1) is 16.7. The van der Waals surface area contributed by atoms with Crippen LogP contribution in [0.4, 0.5) is 10.1 Å². The summed E-state index contributed by atoms with van der Waals surface area (Å²) in [6, 6.07) is 6.95. The largest absolute Gasteiger partial charge is 0.326 e. The number of halogens is 1. The molecule has 5 nitrogen and oxygen atoms in total. The number of thioether (sulfide) groups is 1. The molecule has 0 aliphatic carbocycles. The Morgan fingerprint density at radius 3 is 2.88 bits per heavy atom. The predicted molar refractivity (Wildman–Crippen MR) is 91.9 cm³/mol. The fourth-order valence-corrected chi connectivity index (χ4v) is 3.86. The average Bonchev–Trinajstić information content (AvgIpc) is 2.93. The number of benzene rings is 1. The van der Waals surface area contributed by atoms with Crippen molar-refractivity contribution in [2.45, 2.75) is 37.4 Å². The predicted octanol–water partition coefficient (Wildman–Crippen LogP) is 3.01. The van der Waals surface area contributed by atoms with E-state index in [-0.39, 0.29) is 29.7 Å². The first-order valence-corrected chi connectivity index (χ1v) is 8.86. The maximum absolute atomic E-state index is 12.9. The minimum atomic E-state index is -0.352. The minimum absolute atomic E-state index is 0.104. The van der Waals surface area contributed by atoms with E-state index in [4.69, 9.17) is 0 Å². The Balaban J connectivity index is 1.71. The van der Waals surface area contributed by atoms with E-state index in [0.717, 1.165) is 18.5 Å². The van der Waals surface area contributed by atoms with Gasteiger partial charge in [-0.25, -0.2) is 9.37 Å². The summed E-state index contributed by atoms with van der Waals surface area (Å²) < 4.78 is 14.5. The van der Waals surface area contributed by atoms with E-state index in [2.05, 4.69) is 10.3 Å². The Bertz CT molecular complexity index is 804. The van der Waals surface area contributed by atoms with E-state index in [0.29, 0.717) is 16.6 Å². The number of rotatable bonds is 5. The maximum atomic E-state index is 12.9. The van der Waals surface area contributed by atoms with Gasteiger partial charge < -0.3 is 5.32 Å². The normalized spacial score (nSPS) is 16.0. The van der Waals surface area contributed by atoms with E-state index in [9.17, 15) is 14.0 Å². The molecule has 24 heavy (non-hydrogen) atoms. The number of fused-ring (bicyclic) bond motifs is 1. The molecule has 0 spiro atoms. The SMILES string of the molecule is CCCc1cc(=O)n2c(n1)SC[C@@H]2CC(=O)Nc1ccc(F)cc1. The van der Waals surface area contributed by atoms with Crippen molar-refractivity contribution in [1.29, 1.82) is 0 Å². The topological polar surface area (TPSA) is 64.0 Å². The third kappa shape index (κ3) is 3.67. The molecule has 1 aromatic heterocycles. The monoisotopic (exact) mass is 347 g/mol. The van der Waals surface area contributed by atoms with Crippen LogP contribution in [0.3, 0.4) is 0 Å².